The highest BCUT2D eigenvalue weighted by Crippen LogP contribution is 2.27. The average molecular weight is 277 g/mol. The van der Waals surface area contributed by atoms with Gasteiger partial charge in [0.2, 0.25) is 5.13 Å². The fourth-order valence-electron chi connectivity index (χ4n) is 1.77. The minimum absolute atomic E-state index is 0.00634. The van der Waals surface area contributed by atoms with Gasteiger partial charge in [0.05, 0.1) is 12.1 Å². The van der Waals surface area contributed by atoms with E-state index in [0.29, 0.717) is 5.92 Å². The van der Waals surface area contributed by atoms with Crippen LogP contribution in [-0.2, 0) is 5.54 Å². The molecule has 1 unspecified atom stereocenters. The molecule has 0 aliphatic rings. The first-order chi connectivity index (χ1) is 9.05. The second kappa shape index (κ2) is 5.67. The first-order valence-electron chi connectivity index (χ1n) is 6.33. The van der Waals surface area contributed by atoms with E-state index in [1.807, 2.05) is 37.3 Å². The number of aliphatic hydroxyl groups excluding tert-OH is 1. The zero-order valence-electron chi connectivity index (χ0n) is 11.4. The van der Waals surface area contributed by atoms with Crippen molar-refractivity contribution >= 4 is 16.7 Å². The molecule has 1 aromatic heterocycles. The van der Waals surface area contributed by atoms with E-state index < -0.39 is 5.54 Å². The van der Waals surface area contributed by atoms with Crippen LogP contribution in [0.2, 0.25) is 0 Å². The molecule has 0 amide bonds. The molecule has 1 atom stereocenters. The Labute approximate surface area is 117 Å². The van der Waals surface area contributed by atoms with Crippen LogP contribution < -0.4 is 5.32 Å². The van der Waals surface area contributed by atoms with E-state index >= 15 is 0 Å². The largest absolute Gasteiger partial charge is 0.394 e. The number of nitrogens with zero attached hydrogens (tertiary/aromatic N) is 2. The van der Waals surface area contributed by atoms with Crippen molar-refractivity contribution in [3.05, 3.63) is 41.7 Å². The maximum absolute atomic E-state index is 9.71. The lowest BCUT2D eigenvalue weighted by atomic mass is 9.93. The Bertz CT molecular complexity index is 526. The molecule has 0 spiro atoms. The fourth-order valence-corrected chi connectivity index (χ4v) is 2.60. The zero-order valence-corrected chi connectivity index (χ0v) is 12.2. The van der Waals surface area contributed by atoms with Crippen molar-refractivity contribution in [3.63, 3.8) is 0 Å². The lowest BCUT2D eigenvalue weighted by molar-refractivity contribution is 0.224. The van der Waals surface area contributed by atoms with Crippen molar-refractivity contribution in [1.29, 1.82) is 0 Å². The van der Waals surface area contributed by atoms with E-state index in [4.69, 9.17) is 0 Å². The van der Waals surface area contributed by atoms with Gasteiger partial charge >= 0.3 is 0 Å². The summed E-state index contributed by atoms with van der Waals surface area (Å²) in [5.41, 5.74) is 0.480. The normalized spacial score (nSPS) is 14.4. The molecule has 4 nitrogen and oxygen atoms in total. The Kier molecular flexibility index (Phi) is 4.17. The van der Waals surface area contributed by atoms with E-state index in [-0.39, 0.29) is 6.61 Å². The van der Waals surface area contributed by atoms with E-state index in [0.717, 1.165) is 16.5 Å². The minimum atomic E-state index is -0.547. The standard InChI is InChI=1S/C14H19N3OS/c1-10(2)12-15-13(19-17-12)16-14(3,9-18)11-7-5-4-6-8-11/h4-8,10,18H,9H2,1-3H3,(H,15,16,17). The quantitative estimate of drug-likeness (QED) is 0.882. The van der Waals surface area contributed by atoms with Crippen LogP contribution in [0.3, 0.4) is 0 Å². The van der Waals surface area contributed by atoms with Crippen molar-refractivity contribution in [2.24, 2.45) is 0 Å². The van der Waals surface area contributed by atoms with Crippen LogP contribution >= 0.6 is 11.5 Å². The van der Waals surface area contributed by atoms with Crippen LogP contribution in [0.25, 0.3) is 0 Å². The van der Waals surface area contributed by atoms with E-state index in [1.165, 1.54) is 11.5 Å². The smallest absolute Gasteiger partial charge is 0.203 e. The van der Waals surface area contributed by atoms with Crippen molar-refractivity contribution in [2.75, 3.05) is 11.9 Å². The number of hydrogen-bond donors (Lipinski definition) is 2. The minimum Gasteiger partial charge on any atom is -0.394 e. The summed E-state index contributed by atoms with van der Waals surface area (Å²) in [6.45, 7) is 6.08. The van der Waals surface area contributed by atoms with Gasteiger partial charge in [-0.3, -0.25) is 0 Å². The molecule has 2 aromatic rings. The molecule has 0 radical (unpaired) electrons. The number of nitrogens with one attached hydrogen (secondary N) is 1. The predicted octanol–water partition coefficient (Wildman–Crippen LogP) is 2.98. The van der Waals surface area contributed by atoms with Crippen LogP contribution in [0.5, 0.6) is 0 Å². The van der Waals surface area contributed by atoms with Crippen molar-refractivity contribution in [2.45, 2.75) is 32.2 Å². The number of rotatable bonds is 5. The molecule has 5 heteroatoms. The monoisotopic (exact) mass is 277 g/mol. The molecule has 19 heavy (non-hydrogen) atoms. The van der Waals surface area contributed by atoms with Gasteiger partial charge in [-0.05, 0) is 12.5 Å². The highest BCUT2D eigenvalue weighted by Gasteiger charge is 2.26. The topological polar surface area (TPSA) is 58.0 Å². The van der Waals surface area contributed by atoms with Gasteiger partial charge in [-0.15, -0.1) is 0 Å². The average Bonchev–Trinajstić information content (AvgIpc) is 2.88. The third-order valence-electron chi connectivity index (χ3n) is 3.07. The van der Waals surface area contributed by atoms with Crippen LogP contribution in [0.15, 0.2) is 30.3 Å². The Morgan fingerprint density at radius 1 is 1.32 bits per heavy atom. The third kappa shape index (κ3) is 3.11. The van der Waals surface area contributed by atoms with Gasteiger partial charge in [0.15, 0.2) is 0 Å². The van der Waals surface area contributed by atoms with Crippen molar-refractivity contribution in [1.82, 2.24) is 9.36 Å². The molecule has 0 aliphatic carbocycles. The number of aromatic nitrogens is 2. The first-order valence-corrected chi connectivity index (χ1v) is 7.10. The molecular formula is C14H19N3OS. The molecule has 102 valence electrons. The van der Waals surface area contributed by atoms with Gasteiger partial charge in [-0.1, -0.05) is 44.2 Å². The van der Waals surface area contributed by atoms with Gasteiger partial charge in [0.25, 0.3) is 0 Å². The van der Waals surface area contributed by atoms with Crippen LogP contribution in [0.1, 0.15) is 38.1 Å². The Hall–Kier alpha value is -1.46. The van der Waals surface area contributed by atoms with Gasteiger partial charge in [0.1, 0.15) is 5.82 Å². The van der Waals surface area contributed by atoms with E-state index in [9.17, 15) is 5.11 Å². The molecule has 2 rings (SSSR count). The molecule has 0 saturated carbocycles. The Morgan fingerprint density at radius 2 is 2.00 bits per heavy atom. The summed E-state index contributed by atoms with van der Waals surface area (Å²) < 4.78 is 4.31. The number of anilines is 1. The highest BCUT2D eigenvalue weighted by molar-refractivity contribution is 7.09. The molecular weight excluding hydrogens is 258 g/mol. The second-order valence-corrected chi connectivity index (χ2v) is 5.85. The van der Waals surface area contributed by atoms with E-state index in [2.05, 4.69) is 28.5 Å². The van der Waals surface area contributed by atoms with Gasteiger partial charge in [-0.25, -0.2) is 4.98 Å². The molecule has 0 aliphatic heterocycles. The van der Waals surface area contributed by atoms with Crippen LogP contribution in [-0.4, -0.2) is 21.1 Å². The summed E-state index contributed by atoms with van der Waals surface area (Å²) in [6, 6.07) is 9.87. The van der Waals surface area contributed by atoms with Crippen LogP contribution in [0.4, 0.5) is 5.13 Å². The molecule has 0 fully saturated rings. The number of aliphatic hydroxyl groups is 1. The Balaban J connectivity index is 2.23. The lowest BCUT2D eigenvalue weighted by Crippen LogP contribution is -2.35. The molecule has 0 bridgehead atoms. The lowest BCUT2D eigenvalue weighted by Gasteiger charge is -2.28. The summed E-state index contributed by atoms with van der Waals surface area (Å²) >= 11 is 1.33. The van der Waals surface area contributed by atoms with Gasteiger partial charge < -0.3 is 10.4 Å². The summed E-state index contributed by atoms with van der Waals surface area (Å²) in [6.07, 6.45) is 0. The summed E-state index contributed by atoms with van der Waals surface area (Å²) in [4.78, 5) is 4.45. The van der Waals surface area contributed by atoms with Gasteiger partial charge in [0, 0.05) is 17.5 Å². The van der Waals surface area contributed by atoms with Crippen molar-refractivity contribution < 1.29 is 5.11 Å². The summed E-state index contributed by atoms with van der Waals surface area (Å²) in [7, 11) is 0. The number of hydrogen-bond acceptors (Lipinski definition) is 5. The maximum Gasteiger partial charge on any atom is 0.203 e. The third-order valence-corrected chi connectivity index (χ3v) is 3.71. The highest BCUT2D eigenvalue weighted by atomic mass is 32.1. The predicted molar refractivity (Wildman–Crippen MR) is 78.5 cm³/mol. The first kappa shape index (κ1) is 14.0. The van der Waals surface area contributed by atoms with Gasteiger partial charge in [-0.2, -0.15) is 4.37 Å². The Morgan fingerprint density at radius 3 is 2.53 bits per heavy atom. The van der Waals surface area contributed by atoms with Crippen molar-refractivity contribution in [3.8, 4) is 0 Å². The maximum atomic E-state index is 9.71. The van der Waals surface area contributed by atoms with E-state index in [1.54, 1.807) is 0 Å². The zero-order chi connectivity index (χ0) is 13.9. The fraction of sp³-hybridized carbons (Fsp3) is 0.429. The SMILES string of the molecule is CC(C)c1nsc(NC(C)(CO)c2ccccc2)n1. The number of benzene rings is 1. The molecule has 2 N–H and O–H groups in total. The second-order valence-electron chi connectivity index (χ2n) is 5.09. The molecule has 1 aromatic carbocycles. The summed E-state index contributed by atoms with van der Waals surface area (Å²) in [5.74, 6) is 1.14. The molecule has 0 saturated heterocycles. The molecule has 1 heterocycles. The van der Waals surface area contributed by atoms with Crippen LogP contribution in [0, 0.1) is 0 Å². The summed E-state index contributed by atoms with van der Waals surface area (Å²) in [5, 5.41) is 13.7.